The summed E-state index contributed by atoms with van der Waals surface area (Å²) in [6.07, 6.45) is 1.28. The molecule has 0 bridgehead atoms. The fraction of sp³-hybridized carbons (Fsp3) is 1.00. The van der Waals surface area contributed by atoms with Gasteiger partial charge in [0.2, 0.25) is 0 Å². The largest absolute Gasteiger partial charge is 0.379 e. The van der Waals surface area contributed by atoms with Gasteiger partial charge in [-0.2, -0.15) is 0 Å². The summed E-state index contributed by atoms with van der Waals surface area (Å²) in [5, 5.41) is 0. The van der Waals surface area contributed by atoms with Crippen LogP contribution in [0.1, 0.15) is 27.2 Å². The number of ether oxygens (including phenoxy) is 1. The first-order valence-electron chi connectivity index (χ1n) is 6.32. The molecule has 1 unspecified atom stereocenters. The third-order valence-corrected chi connectivity index (χ3v) is 3.43. The molecule has 1 aliphatic rings. The van der Waals surface area contributed by atoms with Gasteiger partial charge in [0.15, 0.2) is 0 Å². The molecule has 15 heavy (non-hydrogen) atoms. The van der Waals surface area contributed by atoms with Gasteiger partial charge in [0.25, 0.3) is 0 Å². The van der Waals surface area contributed by atoms with Crippen molar-refractivity contribution in [2.45, 2.75) is 33.2 Å². The predicted molar refractivity (Wildman–Crippen MR) is 64.3 cm³/mol. The van der Waals surface area contributed by atoms with Crippen molar-refractivity contribution >= 4 is 0 Å². The molecular formula is C12H26N2O. The van der Waals surface area contributed by atoms with Crippen LogP contribution in [0.2, 0.25) is 0 Å². The van der Waals surface area contributed by atoms with E-state index in [-0.39, 0.29) is 0 Å². The number of hydrogen-bond acceptors (Lipinski definition) is 3. The lowest BCUT2D eigenvalue weighted by atomic mass is 10.2. The fourth-order valence-corrected chi connectivity index (χ4v) is 2.11. The van der Waals surface area contributed by atoms with E-state index in [0.717, 1.165) is 26.3 Å². The van der Waals surface area contributed by atoms with Crippen LogP contribution in [-0.4, -0.2) is 61.8 Å². The standard InChI is InChI=1S/C12H26N2O/c1-4-13(5-2)7-6-12(3)14-8-10-15-11-9-14/h12H,4-11H2,1-3H3. The van der Waals surface area contributed by atoms with Gasteiger partial charge < -0.3 is 9.64 Å². The highest BCUT2D eigenvalue weighted by atomic mass is 16.5. The van der Waals surface area contributed by atoms with E-state index in [4.69, 9.17) is 4.74 Å². The molecule has 1 atom stereocenters. The average Bonchev–Trinajstić information content (AvgIpc) is 2.31. The zero-order chi connectivity index (χ0) is 11.1. The predicted octanol–water partition coefficient (Wildman–Crippen LogP) is 1.44. The minimum atomic E-state index is 0.703. The lowest BCUT2D eigenvalue weighted by Gasteiger charge is -2.33. The van der Waals surface area contributed by atoms with Crippen LogP contribution in [0, 0.1) is 0 Å². The van der Waals surface area contributed by atoms with Gasteiger partial charge in [-0.1, -0.05) is 13.8 Å². The molecule has 0 N–H and O–H groups in total. The summed E-state index contributed by atoms with van der Waals surface area (Å²) in [6, 6.07) is 0.703. The lowest BCUT2D eigenvalue weighted by molar-refractivity contribution is 0.0168. The van der Waals surface area contributed by atoms with Crippen LogP contribution < -0.4 is 0 Å². The zero-order valence-electron chi connectivity index (χ0n) is 10.5. The van der Waals surface area contributed by atoms with Crippen LogP contribution >= 0.6 is 0 Å². The topological polar surface area (TPSA) is 15.7 Å². The molecular weight excluding hydrogens is 188 g/mol. The van der Waals surface area contributed by atoms with Crippen LogP contribution in [0.25, 0.3) is 0 Å². The van der Waals surface area contributed by atoms with Crippen molar-refractivity contribution in [2.24, 2.45) is 0 Å². The third-order valence-electron chi connectivity index (χ3n) is 3.43. The van der Waals surface area contributed by atoms with Crippen LogP contribution in [0.3, 0.4) is 0 Å². The molecule has 0 aromatic heterocycles. The van der Waals surface area contributed by atoms with Crippen molar-refractivity contribution in [3.63, 3.8) is 0 Å². The molecule has 90 valence electrons. The van der Waals surface area contributed by atoms with E-state index >= 15 is 0 Å². The Morgan fingerprint density at radius 3 is 2.33 bits per heavy atom. The van der Waals surface area contributed by atoms with Gasteiger partial charge in [-0.3, -0.25) is 4.90 Å². The van der Waals surface area contributed by atoms with Gasteiger partial charge in [-0.25, -0.2) is 0 Å². The quantitative estimate of drug-likeness (QED) is 0.665. The minimum absolute atomic E-state index is 0.703. The summed E-state index contributed by atoms with van der Waals surface area (Å²) in [7, 11) is 0. The third kappa shape index (κ3) is 4.49. The molecule has 0 saturated carbocycles. The maximum absolute atomic E-state index is 5.37. The van der Waals surface area contributed by atoms with Crippen molar-refractivity contribution in [1.82, 2.24) is 9.80 Å². The van der Waals surface area contributed by atoms with Crippen molar-refractivity contribution in [2.75, 3.05) is 45.9 Å². The Morgan fingerprint density at radius 2 is 1.80 bits per heavy atom. The Bertz CT molecular complexity index is 154. The highest BCUT2D eigenvalue weighted by molar-refractivity contribution is 4.71. The molecule has 0 aromatic carbocycles. The van der Waals surface area contributed by atoms with E-state index in [2.05, 4.69) is 30.6 Å². The summed E-state index contributed by atoms with van der Waals surface area (Å²) in [6.45, 7) is 14.4. The molecule has 1 heterocycles. The molecule has 0 aliphatic carbocycles. The molecule has 1 fully saturated rings. The van der Waals surface area contributed by atoms with E-state index in [1.165, 1.54) is 26.1 Å². The maximum Gasteiger partial charge on any atom is 0.0594 e. The van der Waals surface area contributed by atoms with E-state index in [9.17, 15) is 0 Å². The Kier molecular flexibility index (Phi) is 6.22. The van der Waals surface area contributed by atoms with Crippen molar-refractivity contribution in [3.05, 3.63) is 0 Å². The molecule has 1 rings (SSSR count). The maximum atomic E-state index is 5.37. The van der Waals surface area contributed by atoms with E-state index < -0.39 is 0 Å². The van der Waals surface area contributed by atoms with E-state index in [1.54, 1.807) is 0 Å². The molecule has 0 spiro atoms. The first kappa shape index (κ1) is 12.9. The summed E-state index contributed by atoms with van der Waals surface area (Å²) < 4.78 is 5.37. The van der Waals surface area contributed by atoms with Crippen LogP contribution in [-0.2, 0) is 4.74 Å². The smallest absolute Gasteiger partial charge is 0.0594 e. The van der Waals surface area contributed by atoms with Gasteiger partial charge in [-0.05, 0) is 33.0 Å². The van der Waals surface area contributed by atoms with Gasteiger partial charge in [0.05, 0.1) is 13.2 Å². The SMILES string of the molecule is CCN(CC)CCC(C)N1CCOCC1. The van der Waals surface area contributed by atoms with Crippen LogP contribution in [0.15, 0.2) is 0 Å². The van der Waals surface area contributed by atoms with Crippen molar-refractivity contribution in [3.8, 4) is 0 Å². The first-order chi connectivity index (χ1) is 7.27. The monoisotopic (exact) mass is 214 g/mol. The number of nitrogens with zero attached hydrogens (tertiary/aromatic N) is 2. The molecule has 3 heteroatoms. The minimum Gasteiger partial charge on any atom is -0.379 e. The molecule has 0 aromatic rings. The highest BCUT2D eigenvalue weighted by Gasteiger charge is 2.16. The van der Waals surface area contributed by atoms with E-state index in [0.29, 0.717) is 6.04 Å². The van der Waals surface area contributed by atoms with Crippen molar-refractivity contribution < 1.29 is 4.74 Å². The molecule has 0 amide bonds. The number of hydrogen-bond donors (Lipinski definition) is 0. The highest BCUT2D eigenvalue weighted by Crippen LogP contribution is 2.07. The normalized spacial score (nSPS) is 20.8. The first-order valence-corrected chi connectivity index (χ1v) is 6.32. The van der Waals surface area contributed by atoms with Gasteiger partial charge >= 0.3 is 0 Å². The second-order valence-corrected chi connectivity index (χ2v) is 4.31. The zero-order valence-corrected chi connectivity index (χ0v) is 10.5. The Labute approximate surface area is 94.4 Å². The lowest BCUT2D eigenvalue weighted by Crippen LogP contribution is -2.43. The number of morpholine rings is 1. The number of rotatable bonds is 6. The van der Waals surface area contributed by atoms with Crippen LogP contribution in [0.4, 0.5) is 0 Å². The Morgan fingerprint density at radius 1 is 1.20 bits per heavy atom. The summed E-state index contributed by atoms with van der Waals surface area (Å²) in [5.41, 5.74) is 0. The molecule has 1 aliphatic heterocycles. The summed E-state index contributed by atoms with van der Waals surface area (Å²) >= 11 is 0. The summed E-state index contributed by atoms with van der Waals surface area (Å²) in [5.74, 6) is 0. The van der Waals surface area contributed by atoms with Crippen LogP contribution in [0.5, 0.6) is 0 Å². The Hall–Kier alpha value is -0.120. The van der Waals surface area contributed by atoms with Crippen molar-refractivity contribution in [1.29, 1.82) is 0 Å². The molecule has 1 saturated heterocycles. The van der Waals surface area contributed by atoms with Gasteiger partial charge in [0, 0.05) is 19.1 Å². The van der Waals surface area contributed by atoms with E-state index in [1.807, 2.05) is 0 Å². The van der Waals surface area contributed by atoms with Gasteiger partial charge in [0.1, 0.15) is 0 Å². The molecule has 3 nitrogen and oxygen atoms in total. The Balaban J connectivity index is 2.18. The fourth-order valence-electron chi connectivity index (χ4n) is 2.11. The second kappa shape index (κ2) is 7.20. The molecule has 0 radical (unpaired) electrons. The second-order valence-electron chi connectivity index (χ2n) is 4.31. The summed E-state index contributed by atoms with van der Waals surface area (Å²) in [4.78, 5) is 5.05. The van der Waals surface area contributed by atoms with Gasteiger partial charge in [-0.15, -0.1) is 0 Å². The average molecular weight is 214 g/mol.